The van der Waals surface area contributed by atoms with E-state index in [1.807, 2.05) is 6.92 Å². The molecule has 0 spiro atoms. The van der Waals surface area contributed by atoms with E-state index in [2.05, 4.69) is 27.5 Å². The summed E-state index contributed by atoms with van der Waals surface area (Å²) in [5, 5.41) is 6.72. The largest absolute Gasteiger partial charge is 0.379 e. The smallest absolute Gasteiger partial charge is 0.134 e. The Morgan fingerprint density at radius 2 is 2.24 bits per heavy atom. The van der Waals surface area contributed by atoms with Crippen LogP contribution in [0, 0.1) is 6.92 Å². The number of nitrogens with one attached hydrogen (secondary N) is 2. The molecule has 0 radical (unpaired) electrons. The van der Waals surface area contributed by atoms with Crippen molar-refractivity contribution < 1.29 is 4.74 Å². The fraction of sp³-hybridized carbons (Fsp3) is 0.667. The van der Waals surface area contributed by atoms with Gasteiger partial charge in [-0.3, -0.25) is 0 Å². The predicted octanol–water partition coefficient (Wildman–Crippen LogP) is 1.81. The van der Waals surface area contributed by atoms with Crippen LogP contribution >= 0.6 is 0 Å². The van der Waals surface area contributed by atoms with Crippen LogP contribution in [0.5, 0.6) is 0 Å². The molecule has 2 rings (SSSR count). The highest BCUT2D eigenvalue weighted by atomic mass is 16.5. The zero-order valence-electron chi connectivity index (χ0n) is 10.5. The van der Waals surface area contributed by atoms with Crippen molar-refractivity contribution in [2.24, 2.45) is 0 Å². The van der Waals surface area contributed by atoms with E-state index >= 15 is 0 Å². The van der Waals surface area contributed by atoms with Gasteiger partial charge in [0.05, 0.1) is 12.6 Å². The number of hydrogen-bond donors (Lipinski definition) is 2. The first-order chi connectivity index (χ1) is 8.31. The van der Waals surface area contributed by atoms with Crippen LogP contribution in [0.15, 0.2) is 6.33 Å². The summed E-state index contributed by atoms with van der Waals surface area (Å²) in [6.07, 6.45) is 3.73. The topological polar surface area (TPSA) is 59.1 Å². The first kappa shape index (κ1) is 12.1. The lowest BCUT2D eigenvalue weighted by Gasteiger charge is -2.15. The van der Waals surface area contributed by atoms with E-state index in [9.17, 15) is 0 Å². The number of nitrogens with zero attached hydrogens (tertiary/aromatic N) is 2. The van der Waals surface area contributed by atoms with Crippen molar-refractivity contribution in [1.29, 1.82) is 0 Å². The quantitative estimate of drug-likeness (QED) is 0.816. The molecule has 1 aliphatic heterocycles. The minimum absolute atomic E-state index is 0.377. The lowest BCUT2D eigenvalue weighted by molar-refractivity contribution is 0.195. The van der Waals surface area contributed by atoms with E-state index in [1.165, 1.54) is 0 Å². The highest BCUT2D eigenvalue weighted by Crippen LogP contribution is 2.20. The van der Waals surface area contributed by atoms with Crippen LogP contribution in [0.2, 0.25) is 0 Å². The summed E-state index contributed by atoms with van der Waals surface area (Å²) in [7, 11) is 0. The van der Waals surface area contributed by atoms with Gasteiger partial charge in [0.2, 0.25) is 0 Å². The van der Waals surface area contributed by atoms with Crippen LogP contribution in [0.4, 0.5) is 11.6 Å². The van der Waals surface area contributed by atoms with Gasteiger partial charge in [-0.1, -0.05) is 6.92 Å². The third-order valence-corrected chi connectivity index (χ3v) is 2.90. The van der Waals surface area contributed by atoms with Crippen LogP contribution in [-0.4, -0.2) is 35.8 Å². The van der Waals surface area contributed by atoms with Crippen molar-refractivity contribution in [2.45, 2.75) is 32.7 Å². The van der Waals surface area contributed by atoms with Gasteiger partial charge in [0.15, 0.2) is 0 Å². The van der Waals surface area contributed by atoms with Crippen LogP contribution in [0.3, 0.4) is 0 Å². The maximum Gasteiger partial charge on any atom is 0.134 e. The number of anilines is 2. The summed E-state index contributed by atoms with van der Waals surface area (Å²) in [5.74, 6) is 1.83. The van der Waals surface area contributed by atoms with Crippen molar-refractivity contribution in [3.8, 4) is 0 Å². The molecule has 1 atom stereocenters. The molecule has 1 saturated heterocycles. The molecule has 1 aromatic heterocycles. The lowest BCUT2D eigenvalue weighted by atomic mass is 10.2. The second-order valence-corrected chi connectivity index (χ2v) is 4.33. The minimum Gasteiger partial charge on any atom is -0.379 e. The molecule has 0 amide bonds. The van der Waals surface area contributed by atoms with E-state index in [0.717, 1.165) is 49.8 Å². The van der Waals surface area contributed by atoms with Crippen LogP contribution < -0.4 is 10.6 Å². The third-order valence-electron chi connectivity index (χ3n) is 2.90. The second-order valence-electron chi connectivity index (χ2n) is 4.33. The van der Waals surface area contributed by atoms with Gasteiger partial charge in [-0.15, -0.1) is 0 Å². The minimum atomic E-state index is 0.377. The molecule has 5 nitrogen and oxygen atoms in total. The number of rotatable bonds is 5. The van der Waals surface area contributed by atoms with Crippen molar-refractivity contribution in [3.63, 3.8) is 0 Å². The highest BCUT2D eigenvalue weighted by Gasteiger charge is 2.17. The summed E-state index contributed by atoms with van der Waals surface area (Å²) in [5.41, 5.74) is 1.08. The summed E-state index contributed by atoms with van der Waals surface area (Å²) >= 11 is 0. The van der Waals surface area contributed by atoms with Crippen molar-refractivity contribution in [2.75, 3.05) is 30.4 Å². The first-order valence-electron chi connectivity index (χ1n) is 6.21. The summed E-state index contributed by atoms with van der Waals surface area (Å²) in [4.78, 5) is 8.55. The third kappa shape index (κ3) is 3.06. The van der Waals surface area contributed by atoms with Gasteiger partial charge in [0.1, 0.15) is 18.0 Å². The van der Waals surface area contributed by atoms with Gasteiger partial charge in [0.25, 0.3) is 0 Å². The molecule has 0 saturated carbocycles. The molecule has 1 unspecified atom stereocenters. The fourth-order valence-corrected chi connectivity index (χ4v) is 1.86. The molecule has 1 aliphatic rings. The monoisotopic (exact) mass is 236 g/mol. The molecule has 17 heavy (non-hydrogen) atoms. The molecule has 94 valence electrons. The first-order valence-corrected chi connectivity index (χ1v) is 6.21. The normalized spacial score (nSPS) is 19.3. The summed E-state index contributed by atoms with van der Waals surface area (Å²) in [6.45, 7) is 6.71. The average molecular weight is 236 g/mol. The van der Waals surface area contributed by atoms with Crippen LogP contribution in [0.25, 0.3) is 0 Å². The Labute approximate surface area is 102 Å². The predicted molar refractivity (Wildman–Crippen MR) is 68.4 cm³/mol. The second kappa shape index (κ2) is 5.82. The van der Waals surface area contributed by atoms with Gasteiger partial charge < -0.3 is 15.4 Å². The van der Waals surface area contributed by atoms with Crippen LogP contribution in [-0.2, 0) is 4.74 Å². The maximum absolute atomic E-state index is 5.34. The van der Waals surface area contributed by atoms with Gasteiger partial charge in [-0.05, 0) is 19.8 Å². The Hall–Kier alpha value is -1.36. The molecule has 2 N–H and O–H groups in total. The lowest BCUT2D eigenvalue weighted by Crippen LogP contribution is -2.21. The standard InChI is InChI=1S/C12H20N4O/c1-3-5-13-11-9(2)12(15-8-14-11)16-10-4-6-17-7-10/h8,10H,3-7H2,1-2H3,(H2,13,14,15,16). The molecule has 0 aromatic carbocycles. The molecular formula is C12H20N4O. The number of hydrogen-bond acceptors (Lipinski definition) is 5. The zero-order chi connectivity index (χ0) is 12.1. The SMILES string of the molecule is CCCNc1ncnc(NC2CCOC2)c1C. The molecule has 1 fully saturated rings. The van der Waals surface area contributed by atoms with E-state index in [4.69, 9.17) is 4.74 Å². The molecule has 0 aliphatic carbocycles. The number of aromatic nitrogens is 2. The molecular weight excluding hydrogens is 216 g/mol. The Kier molecular flexibility index (Phi) is 4.14. The fourth-order valence-electron chi connectivity index (χ4n) is 1.86. The van der Waals surface area contributed by atoms with Gasteiger partial charge in [-0.25, -0.2) is 9.97 Å². The highest BCUT2D eigenvalue weighted by molar-refractivity contribution is 5.56. The number of ether oxygens (including phenoxy) is 1. The average Bonchev–Trinajstić information content (AvgIpc) is 2.83. The van der Waals surface area contributed by atoms with E-state index in [0.29, 0.717) is 6.04 Å². The van der Waals surface area contributed by atoms with E-state index < -0.39 is 0 Å². The zero-order valence-corrected chi connectivity index (χ0v) is 10.5. The molecule has 0 bridgehead atoms. The van der Waals surface area contributed by atoms with Crippen molar-refractivity contribution in [3.05, 3.63) is 11.9 Å². The van der Waals surface area contributed by atoms with Crippen molar-refractivity contribution >= 4 is 11.6 Å². The van der Waals surface area contributed by atoms with E-state index in [-0.39, 0.29) is 0 Å². The van der Waals surface area contributed by atoms with Crippen molar-refractivity contribution in [1.82, 2.24) is 9.97 Å². The Morgan fingerprint density at radius 1 is 1.41 bits per heavy atom. The van der Waals surface area contributed by atoms with Gasteiger partial charge in [0, 0.05) is 18.7 Å². The molecule has 2 heterocycles. The van der Waals surface area contributed by atoms with Crippen LogP contribution in [0.1, 0.15) is 25.3 Å². The summed E-state index contributed by atoms with van der Waals surface area (Å²) in [6, 6.07) is 0.377. The summed E-state index contributed by atoms with van der Waals surface area (Å²) < 4.78 is 5.34. The Bertz CT molecular complexity index is 364. The maximum atomic E-state index is 5.34. The molecule has 1 aromatic rings. The van der Waals surface area contributed by atoms with Gasteiger partial charge >= 0.3 is 0 Å². The van der Waals surface area contributed by atoms with E-state index in [1.54, 1.807) is 6.33 Å². The Morgan fingerprint density at radius 3 is 2.94 bits per heavy atom. The molecule has 5 heteroatoms. The Balaban J connectivity index is 2.05. The van der Waals surface area contributed by atoms with Gasteiger partial charge in [-0.2, -0.15) is 0 Å².